The van der Waals surface area contributed by atoms with Gasteiger partial charge in [0.15, 0.2) is 0 Å². The fourth-order valence-corrected chi connectivity index (χ4v) is 14.3. The minimum atomic E-state index is -6.25. The third-order valence-electron chi connectivity index (χ3n) is 10.1. The maximum atomic E-state index is 15.9. The van der Waals surface area contributed by atoms with Crippen LogP contribution in [0.3, 0.4) is 0 Å². The van der Waals surface area contributed by atoms with Crippen LogP contribution in [0.4, 0.5) is 22.0 Å². The highest BCUT2D eigenvalue weighted by Gasteiger charge is 2.69. The molecule has 0 amide bonds. The zero-order valence-electron chi connectivity index (χ0n) is 25.1. The first-order chi connectivity index (χ1) is 21.2. The Kier molecular flexibility index (Phi) is 8.63. The van der Waals surface area contributed by atoms with Crippen molar-refractivity contribution in [2.24, 2.45) is 23.2 Å². The number of hydrogen-bond donors (Lipinski definition) is 0. The Morgan fingerprint density at radius 3 is 2.07 bits per heavy atom. The number of fused-ring (bicyclic) bond motifs is 1. The van der Waals surface area contributed by atoms with Crippen molar-refractivity contribution in [2.75, 3.05) is 18.1 Å². The fraction of sp³-hybridized carbons (Fsp3) is 0.656. The van der Waals surface area contributed by atoms with Gasteiger partial charge in [-0.25, -0.2) is 3.63 Å². The summed E-state index contributed by atoms with van der Waals surface area (Å²) in [6.45, 7) is 2.45. The molecule has 13 heteroatoms. The summed E-state index contributed by atoms with van der Waals surface area (Å²) in [6.07, 6.45) is -4.06. The van der Waals surface area contributed by atoms with Crippen LogP contribution in [0.2, 0.25) is 0 Å². The van der Waals surface area contributed by atoms with Crippen molar-refractivity contribution in [1.82, 2.24) is 0 Å². The van der Waals surface area contributed by atoms with Gasteiger partial charge in [0.05, 0.1) is 12.0 Å². The van der Waals surface area contributed by atoms with Crippen LogP contribution in [0.5, 0.6) is 5.75 Å². The number of carbonyl (C=O) groups excluding carboxylic acids is 1. The standard InChI is InChI=1S/C32H39F5O6S2/c1-2-3-12-41-26-10-11-27(25-9-5-4-8-24(25)26)44(13-6-7-14-44)43-45(39,40)32(36,37)28(31(33,34)35)42-29(38)30-18-21-15-22(19-30)17-23(16-21)20-30/h4-5,8-11,21-23,28H,2-3,6-7,12-20H2,1H3. The number of carbonyl (C=O) groups is 1. The molecule has 5 fully saturated rings. The Bertz CT molecular complexity index is 1500. The Morgan fingerprint density at radius 2 is 1.51 bits per heavy atom. The van der Waals surface area contributed by atoms with Crippen molar-refractivity contribution in [3.05, 3.63) is 36.4 Å². The summed E-state index contributed by atoms with van der Waals surface area (Å²) in [5.41, 5.74) is -1.29. The van der Waals surface area contributed by atoms with Gasteiger partial charge in [-0.1, -0.05) is 47.9 Å². The molecule has 0 spiro atoms. The molecule has 4 bridgehead atoms. The van der Waals surface area contributed by atoms with Crippen molar-refractivity contribution in [1.29, 1.82) is 0 Å². The van der Waals surface area contributed by atoms with Gasteiger partial charge < -0.3 is 9.47 Å². The molecule has 5 aliphatic rings. The predicted molar refractivity (Wildman–Crippen MR) is 161 cm³/mol. The lowest BCUT2D eigenvalue weighted by Crippen LogP contribution is -2.56. The number of hydrogen-bond acceptors (Lipinski definition) is 6. The van der Waals surface area contributed by atoms with Crippen molar-refractivity contribution < 1.29 is 48.3 Å². The molecule has 2 aromatic rings. The number of halogens is 5. The molecular formula is C32H39F5O6S2. The van der Waals surface area contributed by atoms with Crippen LogP contribution in [0, 0.1) is 23.2 Å². The molecule has 6 nitrogen and oxygen atoms in total. The Morgan fingerprint density at radius 1 is 0.933 bits per heavy atom. The van der Waals surface area contributed by atoms with E-state index in [-0.39, 0.29) is 48.5 Å². The van der Waals surface area contributed by atoms with E-state index in [0.29, 0.717) is 40.9 Å². The lowest BCUT2D eigenvalue weighted by molar-refractivity contribution is -0.266. The topological polar surface area (TPSA) is 78.9 Å². The van der Waals surface area contributed by atoms with Gasteiger partial charge in [0.2, 0.25) is 0 Å². The maximum absolute atomic E-state index is 15.9. The molecule has 45 heavy (non-hydrogen) atoms. The lowest BCUT2D eigenvalue weighted by Gasteiger charge is -2.55. The normalized spacial score (nSPS) is 29.1. The zero-order valence-corrected chi connectivity index (χ0v) is 26.8. The van der Waals surface area contributed by atoms with E-state index >= 15 is 8.78 Å². The largest absolute Gasteiger partial charge is 0.493 e. The smallest absolute Gasteiger partial charge is 0.432 e. The molecule has 250 valence electrons. The molecule has 7 rings (SSSR count). The molecule has 0 N–H and O–H groups in total. The van der Waals surface area contributed by atoms with Crippen LogP contribution in [0.15, 0.2) is 41.3 Å². The second-order valence-electron chi connectivity index (χ2n) is 13.3. The van der Waals surface area contributed by atoms with Crippen molar-refractivity contribution >= 4 is 37.2 Å². The van der Waals surface area contributed by atoms with Crippen LogP contribution in [0.1, 0.15) is 71.1 Å². The summed E-state index contributed by atoms with van der Waals surface area (Å²) in [6, 6.07) is 10.1. The fourth-order valence-electron chi connectivity index (χ4n) is 8.38. The van der Waals surface area contributed by atoms with Crippen LogP contribution in [0.25, 0.3) is 10.8 Å². The monoisotopic (exact) mass is 678 g/mol. The third kappa shape index (κ3) is 5.94. The van der Waals surface area contributed by atoms with Crippen LogP contribution < -0.4 is 4.74 Å². The van der Waals surface area contributed by atoms with Gasteiger partial charge in [0, 0.05) is 21.8 Å². The minimum Gasteiger partial charge on any atom is -0.493 e. The quantitative estimate of drug-likeness (QED) is 0.135. The summed E-state index contributed by atoms with van der Waals surface area (Å²) in [7, 11) is -9.28. The summed E-state index contributed by atoms with van der Waals surface area (Å²) in [5.74, 6) is -0.318. The molecule has 1 unspecified atom stereocenters. The van der Waals surface area contributed by atoms with Crippen molar-refractivity contribution in [3.63, 3.8) is 0 Å². The van der Waals surface area contributed by atoms with Gasteiger partial charge in [0.1, 0.15) is 5.75 Å². The van der Waals surface area contributed by atoms with Crippen LogP contribution in [-0.4, -0.2) is 50.0 Å². The maximum Gasteiger partial charge on any atom is 0.432 e. The van der Waals surface area contributed by atoms with E-state index in [4.69, 9.17) is 8.37 Å². The number of alkyl halides is 5. The average molecular weight is 679 g/mol. The molecule has 0 radical (unpaired) electrons. The molecule has 1 atom stereocenters. The highest BCUT2D eigenvalue weighted by Crippen LogP contribution is 2.66. The van der Waals surface area contributed by atoms with Gasteiger partial charge >= 0.3 is 27.5 Å². The van der Waals surface area contributed by atoms with E-state index in [1.807, 2.05) is 6.92 Å². The number of benzene rings is 2. The average Bonchev–Trinajstić information content (AvgIpc) is 3.43. The molecule has 2 aromatic carbocycles. The van der Waals surface area contributed by atoms with E-state index in [1.54, 1.807) is 36.4 Å². The molecule has 1 saturated heterocycles. The molecule has 4 aliphatic carbocycles. The second-order valence-corrected chi connectivity index (χ2v) is 18.2. The van der Waals surface area contributed by atoms with Gasteiger partial charge in [-0.15, -0.1) is 0 Å². The van der Waals surface area contributed by atoms with E-state index in [1.165, 1.54) is 0 Å². The number of ether oxygens (including phenoxy) is 2. The van der Waals surface area contributed by atoms with Crippen molar-refractivity contribution in [2.45, 2.75) is 93.6 Å². The molecule has 0 aromatic heterocycles. The highest BCUT2D eigenvalue weighted by molar-refractivity contribution is 8.33. The Balaban J connectivity index is 1.31. The first kappa shape index (κ1) is 32.8. The lowest BCUT2D eigenvalue weighted by atomic mass is 9.49. The SMILES string of the molecule is CCCCOc1ccc(S2(OS(=O)(=O)C(F)(F)C(OC(=O)C34CC5CC(CC(C5)C3)C4)C(F)(F)F)CCCC2)c2ccccc12. The summed E-state index contributed by atoms with van der Waals surface area (Å²) < 4.78 is 117. The second kappa shape index (κ2) is 11.8. The molecule has 1 heterocycles. The van der Waals surface area contributed by atoms with Gasteiger partial charge in [-0.05, 0) is 93.1 Å². The van der Waals surface area contributed by atoms with Crippen LogP contribution >= 0.6 is 10.3 Å². The highest BCUT2D eigenvalue weighted by atomic mass is 32.3. The Hall–Kier alpha value is -2.12. The van der Waals surface area contributed by atoms with E-state index in [0.717, 1.165) is 32.1 Å². The van der Waals surface area contributed by atoms with Gasteiger partial charge in [-0.3, -0.25) is 4.79 Å². The first-order valence-electron chi connectivity index (χ1n) is 15.7. The summed E-state index contributed by atoms with van der Waals surface area (Å²) in [4.78, 5) is 13.7. The predicted octanol–water partition coefficient (Wildman–Crippen LogP) is 8.52. The van der Waals surface area contributed by atoms with Gasteiger partial charge in [0.25, 0.3) is 6.10 Å². The summed E-state index contributed by atoms with van der Waals surface area (Å²) in [5, 5.41) is -4.43. The molecule has 1 aliphatic heterocycles. The molecule has 4 saturated carbocycles. The van der Waals surface area contributed by atoms with Crippen molar-refractivity contribution in [3.8, 4) is 5.75 Å². The Labute approximate surface area is 262 Å². The van der Waals surface area contributed by atoms with Gasteiger partial charge in [-0.2, -0.15) is 30.4 Å². The minimum absolute atomic E-state index is 0.0755. The van der Waals surface area contributed by atoms with E-state index in [2.05, 4.69) is 4.74 Å². The molecular weight excluding hydrogens is 639 g/mol. The third-order valence-corrected chi connectivity index (χ3v) is 15.7. The van der Waals surface area contributed by atoms with Crippen LogP contribution in [-0.2, 0) is 23.3 Å². The first-order valence-corrected chi connectivity index (χ1v) is 19.0. The number of unbranched alkanes of at least 4 members (excludes halogenated alkanes) is 1. The van der Waals surface area contributed by atoms with E-state index in [9.17, 15) is 26.4 Å². The zero-order chi connectivity index (χ0) is 32.3. The summed E-state index contributed by atoms with van der Waals surface area (Å²) >= 11 is 0. The van der Waals surface area contributed by atoms with E-state index < -0.39 is 49.3 Å². The number of esters is 1. The number of rotatable bonds is 11.